The standard InChI is InChI=1S/C17H17NOS/c1-12-7-8-15(16(9-12)19-2)18-10-13-11-20-17-6-4-3-5-14(13)17/h3-9,11,18H,10H2,1-2H3. The van der Waals surface area contributed by atoms with Gasteiger partial charge in [-0.25, -0.2) is 0 Å². The summed E-state index contributed by atoms with van der Waals surface area (Å²) in [5, 5.41) is 7.02. The van der Waals surface area contributed by atoms with Crippen LogP contribution in [0, 0.1) is 6.92 Å². The van der Waals surface area contributed by atoms with Crippen LogP contribution in [-0.2, 0) is 6.54 Å². The zero-order valence-corrected chi connectivity index (χ0v) is 12.5. The highest BCUT2D eigenvalue weighted by atomic mass is 32.1. The van der Waals surface area contributed by atoms with Gasteiger partial charge in [0.15, 0.2) is 0 Å². The number of hydrogen-bond acceptors (Lipinski definition) is 3. The van der Waals surface area contributed by atoms with Crippen molar-refractivity contribution >= 4 is 27.1 Å². The highest BCUT2D eigenvalue weighted by Crippen LogP contribution is 2.29. The maximum Gasteiger partial charge on any atom is 0.142 e. The molecule has 0 radical (unpaired) electrons. The molecule has 0 amide bonds. The normalized spacial score (nSPS) is 10.7. The van der Waals surface area contributed by atoms with Crippen LogP contribution in [0.25, 0.3) is 10.1 Å². The fraction of sp³-hybridized carbons (Fsp3) is 0.176. The Morgan fingerprint density at radius 2 is 2.00 bits per heavy atom. The lowest BCUT2D eigenvalue weighted by Gasteiger charge is -2.11. The van der Waals surface area contributed by atoms with Crippen LogP contribution in [0.15, 0.2) is 47.8 Å². The summed E-state index contributed by atoms with van der Waals surface area (Å²) in [6, 6.07) is 14.7. The van der Waals surface area contributed by atoms with Crippen LogP contribution in [0.1, 0.15) is 11.1 Å². The molecule has 0 saturated carbocycles. The molecule has 20 heavy (non-hydrogen) atoms. The van der Waals surface area contributed by atoms with Gasteiger partial charge in [-0.2, -0.15) is 0 Å². The van der Waals surface area contributed by atoms with Crippen molar-refractivity contribution in [3.05, 3.63) is 59.0 Å². The molecule has 3 heteroatoms. The molecule has 3 rings (SSSR count). The third kappa shape index (κ3) is 2.49. The summed E-state index contributed by atoms with van der Waals surface area (Å²) in [4.78, 5) is 0. The summed E-state index contributed by atoms with van der Waals surface area (Å²) < 4.78 is 6.76. The van der Waals surface area contributed by atoms with Gasteiger partial charge in [-0.1, -0.05) is 24.3 Å². The maximum atomic E-state index is 5.42. The number of aryl methyl sites for hydroxylation is 1. The molecule has 1 heterocycles. The van der Waals surface area contributed by atoms with Crippen LogP contribution in [0.3, 0.4) is 0 Å². The summed E-state index contributed by atoms with van der Waals surface area (Å²) in [5.74, 6) is 0.893. The second-order valence-corrected chi connectivity index (χ2v) is 5.73. The molecule has 0 aliphatic heterocycles. The Bertz CT molecular complexity index is 733. The molecular formula is C17H17NOS. The van der Waals surface area contributed by atoms with Gasteiger partial charge in [0.1, 0.15) is 5.75 Å². The van der Waals surface area contributed by atoms with Gasteiger partial charge in [-0.15, -0.1) is 11.3 Å². The molecular weight excluding hydrogens is 266 g/mol. The van der Waals surface area contributed by atoms with Crippen LogP contribution in [-0.4, -0.2) is 7.11 Å². The molecule has 3 aromatic rings. The first-order valence-electron chi connectivity index (χ1n) is 6.61. The summed E-state index contributed by atoms with van der Waals surface area (Å²) in [6.07, 6.45) is 0. The highest BCUT2D eigenvalue weighted by Gasteiger charge is 2.06. The van der Waals surface area contributed by atoms with Crippen molar-refractivity contribution in [1.29, 1.82) is 0 Å². The molecule has 0 bridgehead atoms. The van der Waals surface area contributed by atoms with Gasteiger partial charge < -0.3 is 10.1 Å². The van der Waals surface area contributed by atoms with Gasteiger partial charge in [0, 0.05) is 11.2 Å². The zero-order valence-electron chi connectivity index (χ0n) is 11.6. The summed E-state index contributed by atoms with van der Waals surface area (Å²) in [5.41, 5.74) is 3.56. The number of rotatable bonds is 4. The van der Waals surface area contributed by atoms with Gasteiger partial charge in [-0.3, -0.25) is 0 Å². The molecule has 1 N–H and O–H groups in total. The fourth-order valence-electron chi connectivity index (χ4n) is 2.30. The molecule has 0 atom stereocenters. The molecule has 0 saturated heterocycles. The molecule has 0 fully saturated rings. The smallest absolute Gasteiger partial charge is 0.142 e. The number of anilines is 1. The molecule has 2 aromatic carbocycles. The molecule has 0 aliphatic rings. The van der Waals surface area contributed by atoms with E-state index in [9.17, 15) is 0 Å². The van der Waals surface area contributed by atoms with Gasteiger partial charge >= 0.3 is 0 Å². The van der Waals surface area contributed by atoms with Crippen molar-refractivity contribution in [2.75, 3.05) is 12.4 Å². The van der Waals surface area contributed by atoms with Crippen molar-refractivity contribution in [1.82, 2.24) is 0 Å². The SMILES string of the molecule is COc1cc(C)ccc1NCc1csc2ccccc12. The maximum absolute atomic E-state index is 5.42. The van der Waals surface area contributed by atoms with E-state index in [1.165, 1.54) is 21.2 Å². The Kier molecular flexibility index (Phi) is 3.61. The quantitative estimate of drug-likeness (QED) is 0.740. The number of hydrogen-bond donors (Lipinski definition) is 1. The Hall–Kier alpha value is -2.00. The largest absolute Gasteiger partial charge is 0.495 e. The number of methoxy groups -OCH3 is 1. The van der Waals surface area contributed by atoms with Crippen molar-refractivity contribution in [3.8, 4) is 5.75 Å². The number of nitrogens with one attached hydrogen (secondary N) is 1. The molecule has 0 aliphatic carbocycles. The fourth-order valence-corrected chi connectivity index (χ4v) is 3.27. The number of fused-ring (bicyclic) bond motifs is 1. The van der Waals surface area contributed by atoms with Gasteiger partial charge in [0.25, 0.3) is 0 Å². The predicted octanol–water partition coefficient (Wildman–Crippen LogP) is 4.83. The van der Waals surface area contributed by atoms with E-state index in [0.29, 0.717) is 0 Å². The summed E-state index contributed by atoms with van der Waals surface area (Å²) in [6.45, 7) is 2.88. The Morgan fingerprint density at radius 1 is 1.15 bits per heavy atom. The second kappa shape index (κ2) is 5.55. The van der Waals surface area contributed by atoms with Crippen molar-refractivity contribution < 1.29 is 4.74 Å². The third-order valence-electron chi connectivity index (χ3n) is 3.39. The molecule has 0 unspecified atom stereocenters. The molecule has 1 aromatic heterocycles. The Morgan fingerprint density at radius 3 is 2.85 bits per heavy atom. The highest BCUT2D eigenvalue weighted by molar-refractivity contribution is 7.17. The number of thiophene rings is 1. The average Bonchev–Trinajstić information content (AvgIpc) is 2.89. The van der Waals surface area contributed by atoms with E-state index >= 15 is 0 Å². The van der Waals surface area contributed by atoms with E-state index in [0.717, 1.165) is 18.0 Å². The lowest BCUT2D eigenvalue weighted by molar-refractivity contribution is 0.416. The minimum atomic E-state index is 0.809. The van der Waals surface area contributed by atoms with Crippen molar-refractivity contribution in [2.45, 2.75) is 13.5 Å². The van der Waals surface area contributed by atoms with Gasteiger partial charge in [-0.05, 0) is 47.0 Å². The van der Waals surface area contributed by atoms with Crippen LogP contribution in [0.4, 0.5) is 5.69 Å². The lowest BCUT2D eigenvalue weighted by Crippen LogP contribution is -2.01. The number of benzene rings is 2. The average molecular weight is 283 g/mol. The van der Waals surface area contributed by atoms with Crippen LogP contribution < -0.4 is 10.1 Å². The van der Waals surface area contributed by atoms with E-state index < -0.39 is 0 Å². The van der Waals surface area contributed by atoms with E-state index in [4.69, 9.17) is 4.74 Å². The van der Waals surface area contributed by atoms with Crippen molar-refractivity contribution in [2.24, 2.45) is 0 Å². The first-order chi connectivity index (χ1) is 9.78. The van der Waals surface area contributed by atoms with Crippen molar-refractivity contribution in [3.63, 3.8) is 0 Å². The van der Waals surface area contributed by atoms with E-state index in [2.05, 4.69) is 54.0 Å². The first kappa shape index (κ1) is 13.0. The van der Waals surface area contributed by atoms with E-state index in [1.807, 2.05) is 6.07 Å². The topological polar surface area (TPSA) is 21.3 Å². The lowest BCUT2D eigenvalue weighted by atomic mass is 10.1. The Balaban J connectivity index is 1.83. The van der Waals surface area contributed by atoms with Crippen LogP contribution in [0.2, 0.25) is 0 Å². The van der Waals surface area contributed by atoms with Gasteiger partial charge in [0.05, 0.1) is 12.8 Å². The predicted molar refractivity (Wildman–Crippen MR) is 86.9 cm³/mol. The summed E-state index contributed by atoms with van der Waals surface area (Å²) >= 11 is 1.79. The second-order valence-electron chi connectivity index (χ2n) is 4.81. The van der Waals surface area contributed by atoms with Crippen LogP contribution in [0.5, 0.6) is 5.75 Å². The zero-order chi connectivity index (χ0) is 13.9. The molecule has 2 nitrogen and oxygen atoms in total. The Labute approximate surface area is 123 Å². The van der Waals surface area contributed by atoms with Gasteiger partial charge in [0.2, 0.25) is 0 Å². The molecule has 102 valence electrons. The monoisotopic (exact) mass is 283 g/mol. The minimum Gasteiger partial charge on any atom is -0.495 e. The summed E-state index contributed by atoms with van der Waals surface area (Å²) in [7, 11) is 1.71. The molecule has 0 spiro atoms. The van der Waals surface area contributed by atoms with Crippen LogP contribution >= 0.6 is 11.3 Å². The minimum absolute atomic E-state index is 0.809. The third-order valence-corrected chi connectivity index (χ3v) is 4.40. The first-order valence-corrected chi connectivity index (χ1v) is 7.49. The van der Waals surface area contributed by atoms with E-state index in [1.54, 1.807) is 18.4 Å². The number of ether oxygens (including phenoxy) is 1. The van der Waals surface area contributed by atoms with E-state index in [-0.39, 0.29) is 0 Å².